The minimum absolute atomic E-state index is 0.0190. The summed E-state index contributed by atoms with van der Waals surface area (Å²) in [5.41, 5.74) is -0.737. The molecule has 4 rings (SSSR count). The van der Waals surface area contributed by atoms with Gasteiger partial charge in [0.05, 0.1) is 10.5 Å². The molecule has 1 aliphatic carbocycles. The van der Waals surface area contributed by atoms with Crippen molar-refractivity contribution < 1.29 is 30.5 Å². The Morgan fingerprint density at radius 1 is 1.07 bits per heavy atom. The highest BCUT2D eigenvalue weighted by Gasteiger charge is 2.44. The maximum absolute atomic E-state index is 13.3. The van der Waals surface area contributed by atoms with E-state index in [0.717, 1.165) is 17.7 Å². The van der Waals surface area contributed by atoms with Gasteiger partial charge in [-0.25, -0.2) is 17.9 Å². The predicted molar refractivity (Wildman–Crippen MR) is 92.6 cm³/mol. The van der Waals surface area contributed by atoms with Crippen LogP contribution < -0.4 is 5.14 Å². The van der Waals surface area contributed by atoms with Crippen molar-refractivity contribution in [1.82, 2.24) is 10.1 Å². The third-order valence-electron chi connectivity index (χ3n) is 4.71. The van der Waals surface area contributed by atoms with Crippen LogP contribution in [0.2, 0.25) is 0 Å². The Kier molecular flexibility index (Phi) is 4.46. The lowest BCUT2D eigenvalue weighted by atomic mass is 10.1. The molecule has 1 aliphatic rings. The number of nitrogens with zero attached hydrogens (tertiary/aromatic N) is 2. The summed E-state index contributed by atoms with van der Waals surface area (Å²) in [5.74, 6) is -1.37. The SMILES string of the molecule is NS(=O)(=O)c1ccc([C@@H]2C[C@H]2c2nc(-c3ccc(F)cc3C(F)(F)F)no2)cc1. The van der Waals surface area contributed by atoms with Gasteiger partial charge in [-0.05, 0) is 48.2 Å². The van der Waals surface area contributed by atoms with Gasteiger partial charge >= 0.3 is 6.18 Å². The maximum atomic E-state index is 13.3. The fourth-order valence-corrected chi connectivity index (χ4v) is 3.70. The number of aromatic nitrogens is 2. The average molecular weight is 427 g/mol. The monoisotopic (exact) mass is 427 g/mol. The van der Waals surface area contributed by atoms with Crippen molar-refractivity contribution in [2.45, 2.75) is 29.3 Å². The molecule has 3 aromatic rings. The van der Waals surface area contributed by atoms with Gasteiger partial charge in [-0.3, -0.25) is 0 Å². The minimum atomic E-state index is -4.77. The molecule has 1 fully saturated rings. The summed E-state index contributed by atoms with van der Waals surface area (Å²) in [6.45, 7) is 0. The number of hydrogen-bond donors (Lipinski definition) is 1. The normalized spacial score (nSPS) is 19.3. The molecular formula is C18H13F4N3O3S. The first-order chi connectivity index (χ1) is 13.5. The van der Waals surface area contributed by atoms with E-state index in [0.29, 0.717) is 12.5 Å². The van der Waals surface area contributed by atoms with E-state index in [-0.39, 0.29) is 34.0 Å². The van der Waals surface area contributed by atoms with Crippen molar-refractivity contribution in [2.24, 2.45) is 5.14 Å². The van der Waals surface area contributed by atoms with E-state index >= 15 is 0 Å². The molecule has 6 nitrogen and oxygen atoms in total. The van der Waals surface area contributed by atoms with Gasteiger partial charge in [0.25, 0.3) is 0 Å². The molecule has 0 saturated heterocycles. The van der Waals surface area contributed by atoms with Crippen LogP contribution >= 0.6 is 0 Å². The minimum Gasteiger partial charge on any atom is -0.339 e. The average Bonchev–Trinajstić information content (AvgIpc) is 3.29. The van der Waals surface area contributed by atoms with E-state index in [1.165, 1.54) is 12.1 Å². The number of rotatable bonds is 4. The number of alkyl halides is 3. The first-order valence-corrected chi connectivity index (χ1v) is 9.92. The Morgan fingerprint density at radius 2 is 1.76 bits per heavy atom. The number of primary sulfonamides is 1. The number of sulfonamides is 1. The van der Waals surface area contributed by atoms with Gasteiger partial charge in [0.2, 0.25) is 21.7 Å². The van der Waals surface area contributed by atoms with Gasteiger partial charge in [0.1, 0.15) is 5.82 Å². The summed E-state index contributed by atoms with van der Waals surface area (Å²) in [5, 5.41) is 8.68. The summed E-state index contributed by atoms with van der Waals surface area (Å²) >= 11 is 0. The molecule has 29 heavy (non-hydrogen) atoms. The van der Waals surface area contributed by atoms with Gasteiger partial charge in [0, 0.05) is 11.5 Å². The van der Waals surface area contributed by atoms with E-state index in [2.05, 4.69) is 10.1 Å². The molecule has 0 amide bonds. The second-order valence-corrected chi connectivity index (χ2v) is 8.27. The Labute approximate surface area is 162 Å². The lowest BCUT2D eigenvalue weighted by Gasteiger charge is -2.10. The highest BCUT2D eigenvalue weighted by molar-refractivity contribution is 7.89. The van der Waals surface area contributed by atoms with E-state index in [1.54, 1.807) is 12.1 Å². The Hall–Kier alpha value is -2.79. The van der Waals surface area contributed by atoms with E-state index in [1.807, 2.05) is 0 Å². The van der Waals surface area contributed by atoms with Crippen LogP contribution in [0.25, 0.3) is 11.4 Å². The van der Waals surface area contributed by atoms with Gasteiger partial charge < -0.3 is 4.52 Å². The Bertz CT molecular complexity index is 1170. The molecule has 2 N–H and O–H groups in total. The number of nitrogens with two attached hydrogens (primary N) is 1. The zero-order valence-corrected chi connectivity index (χ0v) is 15.3. The Morgan fingerprint density at radius 3 is 2.38 bits per heavy atom. The lowest BCUT2D eigenvalue weighted by molar-refractivity contribution is -0.137. The van der Waals surface area contributed by atoms with Crippen molar-refractivity contribution >= 4 is 10.0 Å². The smallest absolute Gasteiger partial charge is 0.339 e. The highest BCUT2D eigenvalue weighted by atomic mass is 32.2. The van der Waals surface area contributed by atoms with E-state index in [4.69, 9.17) is 9.66 Å². The van der Waals surface area contributed by atoms with Crippen LogP contribution in [-0.4, -0.2) is 18.6 Å². The number of benzene rings is 2. The molecule has 0 bridgehead atoms. The van der Waals surface area contributed by atoms with Crippen molar-refractivity contribution in [3.63, 3.8) is 0 Å². The third kappa shape index (κ3) is 3.87. The molecule has 11 heteroatoms. The molecule has 1 aromatic heterocycles. The standard InChI is InChI=1S/C18H13F4N3O3S/c19-10-3-6-12(15(7-10)18(20,21)22)16-24-17(28-25-16)14-8-13(14)9-1-4-11(5-2-9)29(23,26)27/h1-7,13-14H,8H2,(H2,23,26,27)/t13-,14+/m0/s1. The van der Waals surface area contributed by atoms with Gasteiger partial charge in [-0.15, -0.1) is 0 Å². The zero-order chi connectivity index (χ0) is 21.0. The molecule has 1 saturated carbocycles. The van der Waals surface area contributed by atoms with Crippen LogP contribution in [-0.2, 0) is 16.2 Å². The molecule has 2 atom stereocenters. The topological polar surface area (TPSA) is 99.1 Å². The van der Waals surface area contributed by atoms with Crippen molar-refractivity contribution in [3.8, 4) is 11.4 Å². The summed E-state index contributed by atoms with van der Waals surface area (Å²) in [4.78, 5) is 4.04. The highest BCUT2D eigenvalue weighted by Crippen LogP contribution is 2.54. The molecule has 0 aliphatic heterocycles. The Balaban J connectivity index is 1.58. The predicted octanol–water partition coefficient (Wildman–Crippen LogP) is 3.81. The van der Waals surface area contributed by atoms with E-state index < -0.39 is 27.6 Å². The molecule has 1 heterocycles. The fourth-order valence-electron chi connectivity index (χ4n) is 3.18. The summed E-state index contributed by atoms with van der Waals surface area (Å²) in [6.07, 6.45) is -4.16. The van der Waals surface area contributed by atoms with Gasteiger partial charge in [-0.2, -0.15) is 18.2 Å². The van der Waals surface area contributed by atoms with Crippen LogP contribution in [0.5, 0.6) is 0 Å². The number of hydrogen-bond acceptors (Lipinski definition) is 5. The fraction of sp³-hybridized carbons (Fsp3) is 0.222. The van der Waals surface area contributed by atoms with Crippen LogP contribution in [0.3, 0.4) is 0 Å². The quantitative estimate of drug-likeness (QED) is 0.639. The second-order valence-electron chi connectivity index (χ2n) is 6.71. The van der Waals surface area contributed by atoms with Crippen molar-refractivity contribution in [3.05, 3.63) is 65.3 Å². The van der Waals surface area contributed by atoms with Crippen LogP contribution in [0.15, 0.2) is 51.9 Å². The summed E-state index contributed by atoms with van der Waals surface area (Å²) in [7, 11) is -3.80. The van der Waals surface area contributed by atoms with Crippen LogP contribution in [0.4, 0.5) is 17.6 Å². The lowest BCUT2D eigenvalue weighted by Crippen LogP contribution is -2.11. The van der Waals surface area contributed by atoms with Crippen LogP contribution in [0, 0.1) is 5.82 Å². The largest absolute Gasteiger partial charge is 0.417 e. The first-order valence-electron chi connectivity index (χ1n) is 8.37. The third-order valence-corrected chi connectivity index (χ3v) is 5.64. The molecule has 152 valence electrons. The zero-order valence-electron chi connectivity index (χ0n) is 14.5. The van der Waals surface area contributed by atoms with Crippen LogP contribution in [0.1, 0.15) is 35.3 Å². The first kappa shape index (κ1) is 19.5. The molecule has 0 unspecified atom stereocenters. The molecule has 0 spiro atoms. The molecular weight excluding hydrogens is 414 g/mol. The summed E-state index contributed by atoms with van der Waals surface area (Å²) in [6, 6.07) is 8.24. The van der Waals surface area contributed by atoms with Crippen molar-refractivity contribution in [1.29, 1.82) is 0 Å². The van der Waals surface area contributed by atoms with E-state index in [9.17, 15) is 26.0 Å². The van der Waals surface area contributed by atoms with Gasteiger partial charge in [0.15, 0.2) is 0 Å². The molecule has 0 radical (unpaired) electrons. The summed E-state index contributed by atoms with van der Waals surface area (Å²) < 4.78 is 80.6. The number of halogens is 4. The molecule has 2 aromatic carbocycles. The van der Waals surface area contributed by atoms with Crippen molar-refractivity contribution in [2.75, 3.05) is 0 Å². The maximum Gasteiger partial charge on any atom is 0.417 e. The second kappa shape index (κ2) is 6.63. The van der Waals surface area contributed by atoms with Gasteiger partial charge in [-0.1, -0.05) is 17.3 Å².